The monoisotopic (exact) mass is 250 g/mol. The first-order valence-corrected chi connectivity index (χ1v) is 7.94. The third kappa shape index (κ3) is 8.55. The van der Waals surface area contributed by atoms with E-state index in [1.807, 2.05) is 0 Å². The Morgan fingerprint density at radius 1 is 1.06 bits per heavy atom. The van der Waals surface area contributed by atoms with Crippen LogP contribution in [0.25, 0.3) is 0 Å². The van der Waals surface area contributed by atoms with E-state index in [1.54, 1.807) is 11.1 Å². The van der Waals surface area contributed by atoms with E-state index in [4.69, 9.17) is 0 Å². The van der Waals surface area contributed by atoms with Gasteiger partial charge in [0.15, 0.2) is 0 Å². The molecular formula is C18H34. The molecule has 0 saturated heterocycles. The van der Waals surface area contributed by atoms with Gasteiger partial charge in [0.05, 0.1) is 0 Å². The summed E-state index contributed by atoms with van der Waals surface area (Å²) < 4.78 is 0. The van der Waals surface area contributed by atoms with Crippen LogP contribution in [0.2, 0.25) is 0 Å². The second-order valence-corrected chi connectivity index (χ2v) is 5.77. The normalized spacial score (nSPS) is 14.2. The molecule has 106 valence electrons. The molecule has 0 amide bonds. The zero-order chi connectivity index (χ0) is 13.8. The van der Waals surface area contributed by atoms with Crippen molar-refractivity contribution in [1.29, 1.82) is 0 Å². The van der Waals surface area contributed by atoms with Crippen molar-refractivity contribution >= 4 is 0 Å². The molecule has 0 heterocycles. The Bertz CT molecular complexity index is 234. The lowest BCUT2D eigenvalue weighted by Crippen LogP contribution is -1.95. The van der Waals surface area contributed by atoms with Crippen molar-refractivity contribution in [3.05, 3.63) is 23.8 Å². The molecule has 0 aromatic carbocycles. The van der Waals surface area contributed by atoms with Crippen LogP contribution in [0.15, 0.2) is 23.8 Å². The van der Waals surface area contributed by atoms with Gasteiger partial charge in [-0.3, -0.25) is 0 Å². The molecule has 0 heteroatoms. The van der Waals surface area contributed by atoms with Crippen LogP contribution >= 0.6 is 0 Å². The van der Waals surface area contributed by atoms with Crippen LogP contribution in [0.3, 0.4) is 0 Å². The number of hydrogen-bond donors (Lipinski definition) is 0. The fraction of sp³-hybridized carbons (Fsp3) is 0.778. The van der Waals surface area contributed by atoms with Crippen molar-refractivity contribution in [2.75, 3.05) is 0 Å². The Labute approximate surface area is 116 Å². The Hall–Kier alpha value is -0.520. The van der Waals surface area contributed by atoms with Crippen LogP contribution in [0, 0.1) is 5.92 Å². The van der Waals surface area contributed by atoms with Gasteiger partial charge in [-0.1, -0.05) is 70.1 Å². The van der Waals surface area contributed by atoms with Crippen molar-refractivity contribution < 1.29 is 0 Å². The summed E-state index contributed by atoms with van der Waals surface area (Å²) in [4.78, 5) is 0. The molecule has 0 aliphatic carbocycles. The van der Waals surface area contributed by atoms with Gasteiger partial charge in [-0.05, 0) is 38.5 Å². The third-order valence-electron chi connectivity index (χ3n) is 3.83. The molecule has 1 unspecified atom stereocenters. The van der Waals surface area contributed by atoms with E-state index >= 15 is 0 Å². The number of rotatable bonds is 11. The summed E-state index contributed by atoms with van der Waals surface area (Å²) >= 11 is 0. The lowest BCUT2D eigenvalue weighted by molar-refractivity contribution is 0.460. The van der Waals surface area contributed by atoms with E-state index in [2.05, 4.69) is 40.3 Å². The summed E-state index contributed by atoms with van der Waals surface area (Å²) in [6.07, 6.45) is 13.8. The molecule has 0 aliphatic heterocycles. The maximum absolute atomic E-state index is 3.89. The highest BCUT2D eigenvalue weighted by atomic mass is 14.1. The van der Waals surface area contributed by atoms with Crippen molar-refractivity contribution in [3.8, 4) is 0 Å². The Kier molecular flexibility index (Phi) is 11.2. The van der Waals surface area contributed by atoms with Gasteiger partial charge in [0.25, 0.3) is 0 Å². The fourth-order valence-electron chi connectivity index (χ4n) is 2.68. The fourth-order valence-corrected chi connectivity index (χ4v) is 2.68. The topological polar surface area (TPSA) is 0 Å². The van der Waals surface area contributed by atoms with E-state index in [0.717, 1.165) is 12.3 Å². The first-order valence-electron chi connectivity index (χ1n) is 7.94. The molecule has 0 spiro atoms. The van der Waals surface area contributed by atoms with Gasteiger partial charge in [0.2, 0.25) is 0 Å². The summed E-state index contributed by atoms with van der Waals surface area (Å²) in [5, 5.41) is 0. The summed E-state index contributed by atoms with van der Waals surface area (Å²) in [6, 6.07) is 0. The minimum absolute atomic E-state index is 0.915. The van der Waals surface area contributed by atoms with Gasteiger partial charge in [0, 0.05) is 0 Å². The number of hydrogen-bond acceptors (Lipinski definition) is 0. The standard InChI is InChI=1S/C18H34/c1-6-11-16(4)14-9-10-15-18(13-8-3)17(5)12-7-2/h8,16H,3,6-7,9-15H2,1-2,4-5H3. The van der Waals surface area contributed by atoms with E-state index in [1.165, 1.54) is 51.4 Å². The first-order chi connectivity index (χ1) is 8.65. The van der Waals surface area contributed by atoms with Crippen LogP contribution in [0.5, 0.6) is 0 Å². The SMILES string of the molecule is C=CCC(CCCCC(C)CCC)=C(C)CCC. The van der Waals surface area contributed by atoms with E-state index in [9.17, 15) is 0 Å². The van der Waals surface area contributed by atoms with Crippen LogP contribution in [0.1, 0.15) is 85.5 Å². The first kappa shape index (κ1) is 17.5. The van der Waals surface area contributed by atoms with Crippen molar-refractivity contribution in [2.24, 2.45) is 5.92 Å². The molecule has 1 atom stereocenters. The predicted octanol–water partition coefficient (Wildman–Crippen LogP) is 6.68. The number of unbranched alkanes of at least 4 members (excludes halogenated alkanes) is 1. The molecule has 0 radical (unpaired) electrons. The third-order valence-corrected chi connectivity index (χ3v) is 3.83. The minimum atomic E-state index is 0.915. The minimum Gasteiger partial charge on any atom is -0.103 e. The zero-order valence-corrected chi connectivity index (χ0v) is 13.2. The quantitative estimate of drug-likeness (QED) is 0.283. The van der Waals surface area contributed by atoms with Gasteiger partial charge in [0.1, 0.15) is 0 Å². The second-order valence-electron chi connectivity index (χ2n) is 5.77. The molecule has 0 aromatic heterocycles. The summed E-state index contributed by atoms with van der Waals surface area (Å²) in [7, 11) is 0. The average Bonchev–Trinajstić information content (AvgIpc) is 2.33. The van der Waals surface area contributed by atoms with Gasteiger partial charge in [-0.15, -0.1) is 6.58 Å². The molecule has 0 aromatic rings. The smallest absolute Gasteiger partial charge is 0.0139 e. The van der Waals surface area contributed by atoms with Crippen LogP contribution in [-0.2, 0) is 0 Å². The molecule has 0 aliphatic rings. The van der Waals surface area contributed by atoms with Crippen LogP contribution < -0.4 is 0 Å². The van der Waals surface area contributed by atoms with Gasteiger partial charge >= 0.3 is 0 Å². The van der Waals surface area contributed by atoms with Crippen LogP contribution in [0.4, 0.5) is 0 Å². The highest BCUT2D eigenvalue weighted by Gasteiger charge is 2.03. The Morgan fingerprint density at radius 3 is 2.33 bits per heavy atom. The van der Waals surface area contributed by atoms with Gasteiger partial charge in [-0.2, -0.15) is 0 Å². The molecule has 18 heavy (non-hydrogen) atoms. The van der Waals surface area contributed by atoms with E-state index in [0.29, 0.717) is 0 Å². The Balaban J connectivity index is 3.97. The van der Waals surface area contributed by atoms with Crippen molar-refractivity contribution in [3.63, 3.8) is 0 Å². The molecule has 0 N–H and O–H groups in total. The lowest BCUT2D eigenvalue weighted by atomic mass is 9.94. The maximum Gasteiger partial charge on any atom is -0.0139 e. The second kappa shape index (κ2) is 11.6. The van der Waals surface area contributed by atoms with Crippen molar-refractivity contribution in [1.82, 2.24) is 0 Å². The summed E-state index contributed by atoms with van der Waals surface area (Å²) in [6.45, 7) is 13.1. The highest BCUT2D eigenvalue weighted by molar-refractivity contribution is 5.14. The molecule has 0 nitrogen and oxygen atoms in total. The molecule has 0 rings (SSSR count). The average molecular weight is 250 g/mol. The Morgan fingerprint density at radius 2 is 1.78 bits per heavy atom. The summed E-state index contributed by atoms with van der Waals surface area (Å²) in [5.41, 5.74) is 3.26. The molecule has 0 bridgehead atoms. The van der Waals surface area contributed by atoms with E-state index < -0.39 is 0 Å². The molecule has 0 fully saturated rings. The largest absolute Gasteiger partial charge is 0.103 e. The van der Waals surface area contributed by atoms with Crippen molar-refractivity contribution in [2.45, 2.75) is 85.5 Å². The molecular weight excluding hydrogens is 216 g/mol. The van der Waals surface area contributed by atoms with Gasteiger partial charge < -0.3 is 0 Å². The maximum atomic E-state index is 3.89. The predicted molar refractivity (Wildman–Crippen MR) is 85.0 cm³/mol. The molecule has 0 saturated carbocycles. The van der Waals surface area contributed by atoms with E-state index in [-0.39, 0.29) is 0 Å². The lowest BCUT2D eigenvalue weighted by Gasteiger charge is -2.12. The van der Waals surface area contributed by atoms with Crippen LogP contribution in [-0.4, -0.2) is 0 Å². The zero-order valence-electron chi connectivity index (χ0n) is 13.2. The van der Waals surface area contributed by atoms with Gasteiger partial charge in [-0.25, -0.2) is 0 Å². The number of allylic oxidation sites excluding steroid dienone is 3. The summed E-state index contributed by atoms with van der Waals surface area (Å²) in [5.74, 6) is 0.915. The highest BCUT2D eigenvalue weighted by Crippen LogP contribution is 2.22.